The van der Waals surface area contributed by atoms with Gasteiger partial charge in [-0.3, -0.25) is 9.82 Å². The lowest BCUT2D eigenvalue weighted by Gasteiger charge is -2.00. The summed E-state index contributed by atoms with van der Waals surface area (Å²) in [5.41, 5.74) is -0.217. The van der Waals surface area contributed by atoms with Gasteiger partial charge >= 0.3 is 5.97 Å². The number of aromatic carboxylic acids is 1. The number of sulfonamides is 1. The van der Waals surface area contributed by atoms with Crippen molar-refractivity contribution >= 4 is 21.8 Å². The molecular formula is C5H7N3O4S. The molecule has 1 heterocycles. The Kier molecular flexibility index (Phi) is 2.24. The number of aromatic nitrogens is 2. The zero-order valence-corrected chi connectivity index (χ0v) is 7.42. The number of H-pyrrole nitrogens is 1. The predicted molar refractivity (Wildman–Crippen MR) is 44.0 cm³/mol. The molecule has 0 unspecified atom stereocenters. The summed E-state index contributed by atoms with van der Waals surface area (Å²) in [6, 6.07) is 0. The molecule has 1 aromatic heterocycles. The largest absolute Gasteiger partial charge is 0.477 e. The highest BCUT2D eigenvalue weighted by Crippen LogP contribution is 2.11. The topological polar surface area (TPSA) is 112 Å². The fraction of sp³-hybridized carbons (Fsp3) is 0.200. The van der Waals surface area contributed by atoms with Crippen LogP contribution in [0.25, 0.3) is 0 Å². The fourth-order valence-electron chi connectivity index (χ4n) is 0.711. The van der Waals surface area contributed by atoms with Gasteiger partial charge in [0.2, 0.25) is 10.0 Å². The van der Waals surface area contributed by atoms with Crippen LogP contribution >= 0.6 is 0 Å². The molecule has 0 saturated heterocycles. The first kappa shape index (κ1) is 9.52. The Bertz CT molecular complexity index is 421. The standard InChI is InChI=1S/C5H7N3O4S/c1-13(11,12)8-4-3(5(9)10)2-6-7-4/h2H,1H3,(H,9,10)(H2,6,7,8). The van der Waals surface area contributed by atoms with Crippen LogP contribution in [-0.2, 0) is 10.0 Å². The van der Waals surface area contributed by atoms with Gasteiger partial charge in [0, 0.05) is 0 Å². The number of carbonyl (C=O) groups is 1. The van der Waals surface area contributed by atoms with E-state index in [0.717, 1.165) is 12.5 Å². The van der Waals surface area contributed by atoms with Crippen LogP contribution in [-0.4, -0.2) is 35.9 Å². The number of hydrogen-bond donors (Lipinski definition) is 3. The van der Waals surface area contributed by atoms with Gasteiger partial charge in [0.25, 0.3) is 0 Å². The van der Waals surface area contributed by atoms with E-state index in [9.17, 15) is 13.2 Å². The molecule has 0 saturated carbocycles. The van der Waals surface area contributed by atoms with E-state index >= 15 is 0 Å². The van der Waals surface area contributed by atoms with Crippen LogP contribution in [0.1, 0.15) is 10.4 Å². The molecule has 13 heavy (non-hydrogen) atoms. The molecule has 1 aromatic rings. The summed E-state index contributed by atoms with van der Waals surface area (Å²) in [6.45, 7) is 0. The van der Waals surface area contributed by atoms with Crippen LogP contribution in [0.5, 0.6) is 0 Å². The minimum absolute atomic E-state index is 0.144. The SMILES string of the molecule is CS(=O)(=O)Nc1[nH]ncc1C(=O)O. The first-order valence-corrected chi connectivity index (χ1v) is 5.04. The lowest BCUT2D eigenvalue weighted by Crippen LogP contribution is -2.12. The smallest absolute Gasteiger partial charge is 0.341 e. The van der Waals surface area contributed by atoms with E-state index in [1.807, 2.05) is 4.72 Å². The lowest BCUT2D eigenvalue weighted by molar-refractivity contribution is 0.0698. The Morgan fingerprint density at radius 2 is 2.31 bits per heavy atom. The quantitative estimate of drug-likeness (QED) is 0.614. The molecule has 0 aliphatic carbocycles. The third-order valence-corrected chi connectivity index (χ3v) is 1.73. The fourth-order valence-corrected chi connectivity index (χ4v) is 1.24. The molecule has 0 spiro atoms. The molecule has 0 radical (unpaired) electrons. The second-order valence-electron chi connectivity index (χ2n) is 2.34. The molecule has 0 aromatic carbocycles. The summed E-state index contributed by atoms with van der Waals surface area (Å²) in [5, 5.41) is 14.2. The van der Waals surface area contributed by atoms with Crippen LogP contribution < -0.4 is 4.72 Å². The van der Waals surface area contributed by atoms with Gasteiger partial charge in [0.15, 0.2) is 0 Å². The van der Waals surface area contributed by atoms with E-state index in [2.05, 4.69) is 10.2 Å². The van der Waals surface area contributed by atoms with E-state index in [4.69, 9.17) is 5.11 Å². The molecule has 7 nitrogen and oxygen atoms in total. The number of nitrogens with zero attached hydrogens (tertiary/aromatic N) is 1. The maximum absolute atomic E-state index is 10.7. The lowest BCUT2D eigenvalue weighted by atomic mass is 10.3. The number of hydrogen-bond acceptors (Lipinski definition) is 4. The number of carboxylic acid groups (broad SMARTS) is 1. The van der Waals surface area contributed by atoms with Crippen molar-refractivity contribution in [2.75, 3.05) is 11.0 Å². The molecule has 3 N–H and O–H groups in total. The van der Waals surface area contributed by atoms with E-state index in [1.165, 1.54) is 0 Å². The molecule has 0 amide bonds. The molecule has 0 aliphatic heterocycles. The van der Waals surface area contributed by atoms with Gasteiger partial charge in [0.05, 0.1) is 12.5 Å². The van der Waals surface area contributed by atoms with Gasteiger partial charge in [-0.2, -0.15) is 5.10 Å². The third kappa shape index (κ3) is 2.44. The van der Waals surface area contributed by atoms with Crippen LogP contribution in [0.4, 0.5) is 5.82 Å². The van der Waals surface area contributed by atoms with Gasteiger partial charge in [-0.05, 0) is 0 Å². The van der Waals surface area contributed by atoms with Crippen molar-refractivity contribution in [3.63, 3.8) is 0 Å². The predicted octanol–water partition coefficient (Wildman–Crippen LogP) is -0.521. The highest BCUT2D eigenvalue weighted by Gasteiger charge is 2.14. The summed E-state index contributed by atoms with van der Waals surface area (Å²) < 4.78 is 23.4. The van der Waals surface area contributed by atoms with Gasteiger partial charge in [-0.25, -0.2) is 13.2 Å². The molecule has 0 aliphatic rings. The number of aromatic amines is 1. The minimum Gasteiger partial charge on any atom is -0.477 e. The van der Waals surface area contributed by atoms with Crippen LogP contribution in [0, 0.1) is 0 Å². The molecular weight excluding hydrogens is 198 g/mol. The number of rotatable bonds is 3. The average Bonchev–Trinajstić information content (AvgIpc) is 2.31. The Hall–Kier alpha value is -1.57. The van der Waals surface area contributed by atoms with Crippen LogP contribution in [0.3, 0.4) is 0 Å². The Morgan fingerprint density at radius 3 is 2.77 bits per heavy atom. The van der Waals surface area contributed by atoms with Crippen molar-refractivity contribution in [1.29, 1.82) is 0 Å². The highest BCUT2D eigenvalue weighted by molar-refractivity contribution is 7.92. The van der Waals surface area contributed by atoms with Crippen molar-refractivity contribution in [2.24, 2.45) is 0 Å². The van der Waals surface area contributed by atoms with Crippen molar-refractivity contribution in [3.05, 3.63) is 11.8 Å². The summed E-state index contributed by atoms with van der Waals surface area (Å²) in [4.78, 5) is 10.5. The van der Waals surface area contributed by atoms with Gasteiger partial charge < -0.3 is 5.11 Å². The number of nitrogens with one attached hydrogen (secondary N) is 2. The van der Waals surface area contributed by atoms with E-state index in [-0.39, 0.29) is 11.4 Å². The van der Waals surface area contributed by atoms with E-state index in [1.54, 1.807) is 0 Å². The molecule has 0 bridgehead atoms. The molecule has 0 atom stereocenters. The summed E-state index contributed by atoms with van der Waals surface area (Å²) >= 11 is 0. The molecule has 72 valence electrons. The van der Waals surface area contributed by atoms with Crippen molar-refractivity contribution in [3.8, 4) is 0 Å². The number of anilines is 1. The van der Waals surface area contributed by atoms with Crippen molar-refractivity contribution in [1.82, 2.24) is 10.2 Å². The molecule has 1 rings (SSSR count). The maximum Gasteiger partial charge on any atom is 0.341 e. The van der Waals surface area contributed by atoms with Crippen LogP contribution in [0.15, 0.2) is 6.20 Å². The number of carboxylic acids is 1. The van der Waals surface area contributed by atoms with E-state index < -0.39 is 16.0 Å². The first-order valence-electron chi connectivity index (χ1n) is 3.14. The van der Waals surface area contributed by atoms with Gasteiger partial charge in [-0.1, -0.05) is 0 Å². The first-order chi connectivity index (χ1) is 5.90. The Labute approximate surface area is 73.8 Å². The second kappa shape index (κ2) is 3.05. The summed E-state index contributed by atoms with van der Waals surface area (Å²) in [7, 11) is -3.49. The Balaban J connectivity index is 3.02. The summed E-state index contributed by atoms with van der Waals surface area (Å²) in [6.07, 6.45) is 1.94. The van der Waals surface area contributed by atoms with Gasteiger partial charge in [-0.15, -0.1) is 0 Å². The molecule has 0 fully saturated rings. The molecule has 8 heteroatoms. The Morgan fingerprint density at radius 1 is 1.69 bits per heavy atom. The van der Waals surface area contributed by atoms with Gasteiger partial charge in [0.1, 0.15) is 11.4 Å². The summed E-state index contributed by atoms with van der Waals surface area (Å²) in [5.74, 6) is -1.39. The second-order valence-corrected chi connectivity index (χ2v) is 4.09. The maximum atomic E-state index is 10.7. The normalized spacial score (nSPS) is 11.2. The zero-order valence-electron chi connectivity index (χ0n) is 6.60. The zero-order chi connectivity index (χ0) is 10.1. The van der Waals surface area contributed by atoms with Crippen LogP contribution in [0.2, 0.25) is 0 Å². The minimum atomic E-state index is -3.49. The average molecular weight is 205 g/mol. The van der Waals surface area contributed by atoms with Crippen molar-refractivity contribution in [2.45, 2.75) is 0 Å². The third-order valence-electron chi connectivity index (χ3n) is 1.16. The van der Waals surface area contributed by atoms with Crippen molar-refractivity contribution < 1.29 is 18.3 Å². The highest BCUT2D eigenvalue weighted by atomic mass is 32.2. The monoisotopic (exact) mass is 205 g/mol. The van der Waals surface area contributed by atoms with E-state index in [0.29, 0.717) is 0 Å².